The fraction of sp³-hybridized carbons (Fsp3) is 0.579. The Morgan fingerprint density at radius 2 is 1.83 bits per heavy atom. The largest absolute Gasteiger partial charge is 0.389 e. The van der Waals surface area contributed by atoms with Gasteiger partial charge in [-0.2, -0.15) is 0 Å². The van der Waals surface area contributed by atoms with Gasteiger partial charge in [0.05, 0.1) is 19.3 Å². The lowest BCUT2D eigenvalue weighted by Crippen LogP contribution is -2.49. The van der Waals surface area contributed by atoms with Crippen molar-refractivity contribution in [1.82, 2.24) is 9.80 Å². The molecule has 0 radical (unpaired) electrons. The monoisotopic (exact) mass is 318 g/mol. The van der Waals surface area contributed by atoms with Crippen LogP contribution in [0.5, 0.6) is 0 Å². The summed E-state index contributed by atoms with van der Waals surface area (Å²) in [4.78, 5) is 4.86. The minimum Gasteiger partial charge on any atom is -0.389 e. The summed E-state index contributed by atoms with van der Waals surface area (Å²) in [5, 5.41) is 9.95. The third-order valence-corrected chi connectivity index (χ3v) is 4.26. The SMILES string of the molecule is C=CCOCC(O)CN1CCN(CCCc2ccccc2)CC1. The quantitative estimate of drug-likeness (QED) is 0.527. The zero-order valence-electron chi connectivity index (χ0n) is 14.1. The van der Waals surface area contributed by atoms with E-state index in [9.17, 15) is 5.11 Å². The van der Waals surface area contributed by atoms with E-state index in [2.05, 4.69) is 46.7 Å². The number of piperazine rings is 1. The molecule has 1 aliphatic heterocycles. The molecule has 1 saturated heterocycles. The average Bonchev–Trinajstić information content (AvgIpc) is 2.58. The number of hydrogen-bond acceptors (Lipinski definition) is 4. The normalized spacial score (nSPS) is 18.0. The predicted octanol–water partition coefficient (Wildman–Crippen LogP) is 1.80. The zero-order valence-corrected chi connectivity index (χ0v) is 14.1. The van der Waals surface area contributed by atoms with Crippen LogP contribution in [0.25, 0.3) is 0 Å². The van der Waals surface area contributed by atoms with E-state index in [0.29, 0.717) is 19.8 Å². The van der Waals surface area contributed by atoms with Crippen LogP contribution in [0.15, 0.2) is 43.0 Å². The molecule has 1 atom stereocenters. The Morgan fingerprint density at radius 3 is 2.52 bits per heavy atom. The fourth-order valence-corrected chi connectivity index (χ4v) is 2.99. The minimum absolute atomic E-state index is 0.392. The molecule has 4 nitrogen and oxygen atoms in total. The van der Waals surface area contributed by atoms with Gasteiger partial charge in [0.15, 0.2) is 0 Å². The highest BCUT2D eigenvalue weighted by Crippen LogP contribution is 2.07. The van der Waals surface area contributed by atoms with Crippen LogP contribution >= 0.6 is 0 Å². The molecular formula is C19H30N2O2. The van der Waals surface area contributed by atoms with Gasteiger partial charge in [0.1, 0.15) is 0 Å². The van der Waals surface area contributed by atoms with Crippen molar-refractivity contribution in [1.29, 1.82) is 0 Å². The van der Waals surface area contributed by atoms with E-state index in [0.717, 1.165) is 39.1 Å². The summed E-state index contributed by atoms with van der Waals surface area (Å²) >= 11 is 0. The molecule has 1 N–H and O–H groups in total. The van der Waals surface area contributed by atoms with Crippen LogP contribution in [0.4, 0.5) is 0 Å². The van der Waals surface area contributed by atoms with Crippen LogP contribution in [0.2, 0.25) is 0 Å². The van der Waals surface area contributed by atoms with Crippen molar-refractivity contribution in [3.63, 3.8) is 0 Å². The molecule has 0 amide bonds. The standard InChI is InChI=1S/C19H30N2O2/c1-2-15-23-17-19(22)16-21-13-11-20(12-14-21)10-6-9-18-7-4-3-5-8-18/h2-5,7-8,19,22H,1,6,9-17H2. The molecule has 0 spiro atoms. The Morgan fingerprint density at radius 1 is 1.13 bits per heavy atom. The second-order valence-electron chi connectivity index (χ2n) is 6.21. The van der Waals surface area contributed by atoms with E-state index < -0.39 is 6.10 Å². The molecule has 2 rings (SSSR count). The zero-order chi connectivity index (χ0) is 16.3. The lowest BCUT2D eigenvalue weighted by atomic mass is 10.1. The van der Waals surface area contributed by atoms with Crippen LogP contribution < -0.4 is 0 Å². The van der Waals surface area contributed by atoms with E-state index in [1.807, 2.05) is 0 Å². The molecule has 0 bridgehead atoms. The molecule has 0 aromatic heterocycles. The molecule has 1 aromatic carbocycles. The Bertz CT molecular complexity index is 430. The Labute approximate surface area is 140 Å². The van der Waals surface area contributed by atoms with Gasteiger partial charge in [-0.1, -0.05) is 36.4 Å². The first-order valence-electron chi connectivity index (χ1n) is 8.63. The molecule has 1 heterocycles. The van der Waals surface area contributed by atoms with Gasteiger partial charge in [-0.25, -0.2) is 0 Å². The van der Waals surface area contributed by atoms with Crippen LogP contribution in [0.1, 0.15) is 12.0 Å². The number of benzene rings is 1. The lowest BCUT2D eigenvalue weighted by molar-refractivity contribution is 0.0149. The number of aliphatic hydroxyl groups excluding tert-OH is 1. The highest BCUT2D eigenvalue weighted by molar-refractivity contribution is 5.14. The van der Waals surface area contributed by atoms with Crippen molar-refractivity contribution in [2.45, 2.75) is 18.9 Å². The summed E-state index contributed by atoms with van der Waals surface area (Å²) in [7, 11) is 0. The van der Waals surface area contributed by atoms with Crippen molar-refractivity contribution in [2.24, 2.45) is 0 Å². The van der Waals surface area contributed by atoms with Gasteiger partial charge >= 0.3 is 0 Å². The molecular weight excluding hydrogens is 288 g/mol. The van der Waals surface area contributed by atoms with Crippen LogP contribution in [-0.4, -0.2) is 73.5 Å². The average molecular weight is 318 g/mol. The predicted molar refractivity (Wildman–Crippen MR) is 94.7 cm³/mol. The first-order valence-corrected chi connectivity index (χ1v) is 8.63. The number of aryl methyl sites for hydroxylation is 1. The van der Waals surface area contributed by atoms with Crippen molar-refractivity contribution in [2.75, 3.05) is 52.5 Å². The molecule has 0 aliphatic carbocycles. The van der Waals surface area contributed by atoms with Gasteiger partial charge < -0.3 is 14.7 Å². The van der Waals surface area contributed by atoms with Crippen molar-refractivity contribution in [3.05, 3.63) is 48.6 Å². The number of rotatable bonds is 10. The van der Waals surface area contributed by atoms with Gasteiger partial charge in [0.25, 0.3) is 0 Å². The van der Waals surface area contributed by atoms with E-state index in [1.54, 1.807) is 6.08 Å². The molecule has 0 saturated carbocycles. The van der Waals surface area contributed by atoms with Crippen LogP contribution in [0, 0.1) is 0 Å². The Hall–Kier alpha value is -1.20. The summed E-state index contributed by atoms with van der Waals surface area (Å²) in [5.41, 5.74) is 1.42. The highest BCUT2D eigenvalue weighted by Gasteiger charge is 2.18. The first kappa shape index (κ1) is 18.1. The van der Waals surface area contributed by atoms with Crippen LogP contribution in [0.3, 0.4) is 0 Å². The summed E-state index contributed by atoms with van der Waals surface area (Å²) in [6.45, 7) is 10.6. The Kier molecular flexibility index (Phi) is 8.32. The van der Waals surface area contributed by atoms with Gasteiger partial charge in [-0.15, -0.1) is 6.58 Å². The fourth-order valence-electron chi connectivity index (χ4n) is 2.99. The maximum atomic E-state index is 9.95. The number of ether oxygens (including phenoxy) is 1. The van der Waals surface area contributed by atoms with E-state index >= 15 is 0 Å². The second-order valence-corrected chi connectivity index (χ2v) is 6.21. The first-order chi connectivity index (χ1) is 11.3. The molecule has 1 aromatic rings. The van der Waals surface area contributed by atoms with Crippen molar-refractivity contribution in [3.8, 4) is 0 Å². The number of aliphatic hydroxyl groups is 1. The molecule has 1 fully saturated rings. The third kappa shape index (κ3) is 7.27. The number of β-amino-alcohol motifs (C(OH)–C–C–N with tert-alkyl or cyclic N) is 1. The number of nitrogens with zero attached hydrogens (tertiary/aromatic N) is 2. The molecule has 128 valence electrons. The lowest BCUT2D eigenvalue weighted by Gasteiger charge is -2.35. The van der Waals surface area contributed by atoms with Gasteiger partial charge in [-0.3, -0.25) is 4.90 Å². The Balaban J connectivity index is 1.56. The second kappa shape index (κ2) is 10.6. The summed E-state index contributed by atoms with van der Waals surface area (Å²) in [6.07, 6.45) is 3.67. The molecule has 1 unspecified atom stereocenters. The summed E-state index contributed by atoms with van der Waals surface area (Å²) in [5.74, 6) is 0. The topological polar surface area (TPSA) is 35.9 Å². The summed E-state index contributed by atoms with van der Waals surface area (Å²) in [6, 6.07) is 10.7. The van der Waals surface area contributed by atoms with E-state index in [4.69, 9.17) is 4.74 Å². The minimum atomic E-state index is -0.403. The smallest absolute Gasteiger partial charge is 0.0900 e. The molecule has 4 heteroatoms. The number of hydrogen-bond donors (Lipinski definition) is 1. The maximum Gasteiger partial charge on any atom is 0.0900 e. The van der Waals surface area contributed by atoms with Crippen molar-refractivity contribution >= 4 is 0 Å². The molecule has 23 heavy (non-hydrogen) atoms. The van der Waals surface area contributed by atoms with E-state index in [-0.39, 0.29) is 0 Å². The van der Waals surface area contributed by atoms with Gasteiger partial charge in [0.2, 0.25) is 0 Å². The maximum absolute atomic E-state index is 9.95. The van der Waals surface area contributed by atoms with Gasteiger partial charge in [0, 0.05) is 32.7 Å². The van der Waals surface area contributed by atoms with E-state index in [1.165, 1.54) is 12.0 Å². The van der Waals surface area contributed by atoms with Crippen LogP contribution in [-0.2, 0) is 11.2 Å². The highest BCUT2D eigenvalue weighted by atomic mass is 16.5. The van der Waals surface area contributed by atoms with Gasteiger partial charge in [-0.05, 0) is 24.9 Å². The van der Waals surface area contributed by atoms with Crippen molar-refractivity contribution < 1.29 is 9.84 Å². The third-order valence-electron chi connectivity index (χ3n) is 4.26. The molecule has 1 aliphatic rings. The summed E-state index contributed by atoms with van der Waals surface area (Å²) < 4.78 is 5.30.